The molecule has 122 valence electrons. The SMILES string of the molecule is CCC1(CO)CCN(C(=O)NCCC2CCCCC2)CC1. The van der Waals surface area contributed by atoms with Gasteiger partial charge in [0.2, 0.25) is 0 Å². The third-order valence-corrected chi connectivity index (χ3v) is 5.75. The molecule has 1 saturated carbocycles. The molecule has 0 bridgehead atoms. The van der Waals surface area contributed by atoms with E-state index in [0.717, 1.165) is 51.2 Å². The molecule has 2 amide bonds. The minimum absolute atomic E-state index is 0.0544. The number of hydrogen-bond donors (Lipinski definition) is 2. The van der Waals surface area contributed by atoms with E-state index in [4.69, 9.17) is 0 Å². The van der Waals surface area contributed by atoms with Gasteiger partial charge in [0.15, 0.2) is 0 Å². The highest BCUT2D eigenvalue weighted by Gasteiger charge is 2.33. The van der Waals surface area contributed by atoms with Crippen LogP contribution in [-0.2, 0) is 0 Å². The van der Waals surface area contributed by atoms with Crippen molar-refractivity contribution >= 4 is 6.03 Å². The Hall–Kier alpha value is -0.770. The quantitative estimate of drug-likeness (QED) is 0.819. The van der Waals surface area contributed by atoms with Gasteiger partial charge in [-0.3, -0.25) is 0 Å². The van der Waals surface area contributed by atoms with Gasteiger partial charge in [-0.1, -0.05) is 39.0 Å². The first-order chi connectivity index (χ1) is 10.2. The smallest absolute Gasteiger partial charge is 0.317 e. The summed E-state index contributed by atoms with van der Waals surface area (Å²) in [5, 5.41) is 12.6. The van der Waals surface area contributed by atoms with Crippen molar-refractivity contribution in [1.29, 1.82) is 0 Å². The monoisotopic (exact) mass is 296 g/mol. The molecule has 0 atom stereocenters. The number of aliphatic hydroxyl groups excluding tert-OH is 1. The van der Waals surface area contributed by atoms with E-state index in [9.17, 15) is 9.90 Å². The fourth-order valence-electron chi connectivity index (χ4n) is 3.78. The zero-order valence-electron chi connectivity index (χ0n) is 13.6. The van der Waals surface area contributed by atoms with Crippen molar-refractivity contribution in [3.05, 3.63) is 0 Å². The highest BCUT2D eigenvalue weighted by Crippen LogP contribution is 2.34. The summed E-state index contributed by atoms with van der Waals surface area (Å²) >= 11 is 0. The van der Waals surface area contributed by atoms with E-state index in [-0.39, 0.29) is 18.1 Å². The van der Waals surface area contributed by atoms with Crippen molar-refractivity contribution in [1.82, 2.24) is 10.2 Å². The van der Waals surface area contributed by atoms with E-state index >= 15 is 0 Å². The van der Waals surface area contributed by atoms with E-state index < -0.39 is 0 Å². The summed E-state index contributed by atoms with van der Waals surface area (Å²) in [6, 6.07) is 0.0912. The Morgan fingerprint density at radius 2 is 1.90 bits per heavy atom. The second-order valence-corrected chi connectivity index (χ2v) is 7.02. The first-order valence-electron chi connectivity index (χ1n) is 8.83. The predicted octanol–water partition coefficient (Wildman–Crippen LogP) is 3.15. The lowest BCUT2D eigenvalue weighted by molar-refractivity contribution is 0.0519. The van der Waals surface area contributed by atoms with Crippen LogP contribution in [0.2, 0.25) is 0 Å². The molecule has 1 saturated heterocycles. The third-order valence-electron chi connectivity index (χ3n) is 5.75. The third kappa shape index (κ3) is 4.60. The Bertz CT molecular complexity index is 313. The lowest BCUT2D eigenvalue weighted by Crippen LogP contribution is -2.48. The fourth-order valence-corrected chi connectivity index (χ4v) is 3.78. The van der Waals surface area contributed by atoms with Crippen molar-refractivity contribution in [2.24, 2.45) is 11.3 Å². The minimum atomic E-state index is 0.0544. The summed E-state index contributed by atoms with van der Waals surface area (Å²) in [6.07, 6.45) is 10.8. The summed E-state index contributed by atoms with van der Waals surface area (Å²) in [5.74, 6) is 0.822. The largest absolute Gasteiger partial charge is 0.396 e. The summed E-state index contributed by atoms with van der Waals surface area (Å²) < 4.78 is 0. The minimum Gasteiger partial charge on any atom is -0.396 e. The zero-order valence-corrected chi connectivity index (χ0v) is 13.6. The molecule has 0 aromatic heterocycles. The molecule has 1 aliphatic heterocycles. The summed E-state index contributed by atoms with van der Waals surface area (Å²) in [4.78, 5) is 14.1. The van der Waals surface area contributed by atoms with Gasteiger partial charge in [-0.05, 0) is 37.0 Å². The molecule has 0 radical (unpaired) electrons. The highest BCUT2D eigenvalue weighted by atomic mass is 16.3. The van der Waals surface area contributed by atoms with Gasteiger partial charge in [0.05, 0.1) is 0 Å². The normalized spacial score (nSPS) is 23.0. The number of amides is 2. The first kappa shape index (κ1) is 16.6. The van der Waals surface area contributed by atoms with Crippen LogP contribution in [-0.4, -0.2) is 42.3 Å². The Morgan fingerprint density at radius 3 is 2.48 bits per heavy atom. The molecule has 0 aromatic rings. The van der Waals surface area contributed by atoms with Gasteiger partial charge in [-0.2, -0.15) is 0 Å². The molecule has 1 aliphatic carbocycles. The average Bonchev–Trinajstić information content (AvgIpc) is 2.56. The highest BCUT2D eigenvalue weighted by molar-refractivity contribution is 5.74. The Kier molecular flexibility index (Phi) is 6.34. The van der Waals surface area contributed by atoms with Gasteiger partial charge in [-0.15, -0.1) is 0 Å². The molecule has 2 aliphatic rings. The van der Waals surface area contributed by atoms with E-state index in [1.165, 1.54) is 32.1 Å². The molecule has 2 rings (SSSR count). The molecule has 2 fully saturated rings. The lowest BCUT2D eigenvalue weighted by atomic mass is 9.77. The molecule has 0 spiro atoms. The number of urea groups is 1. The van der Waals surface area contributed by atoms with Crippen LogP contribution in [0.3, 0.4) is 0 Å². The molecule has 0 aromatic carbocycles. The predicted molar refractivity (Wildman–Crippen MR) is 85.2 cm³/mol. The average molecular weight is 296 g/mol. The second kappa shape index (κ2) is 8.02. The Morgan fingerprint density at radius 1 is 1.24 bits per heavy atom. The van der Waals surface area contributed by atoms with Gasteiger partial charge in [-0.25, -0.2) is 4.79 Å². The number of piperidine rings is 1. The molecule has 2 N–H and O–H groups in total. The van der Waals surface area contributed by atoms with Crippen molar-refractivity contribution in [2.45, 2.75) is 64.7 Å². The molecule has 1 heterocycles. The molecule has 4 nitrogen and oxygen atoms in total. The Balaban J connectivity index is 1.65. The van der Waals surface area contributed by atoms with Gasteiger partial charge >= 0.3 is 6.03 Å². The number of hydrogen-bond acceptors (Lipinski definition) is 2. The maximum absolute atomic E-state index is 12.2. The van der Waals surface area contributed by atoms with Crippen LogP contribution in [0.15, 0.2) is 0 Å². The maximum atomic E-state index is 12.2. The summed E-state index contributed by atoms with van der Waals surface area (Å²) in [5.41, 5.74) is 0.0544. The van der Waals surface area contributed by atoms with Crippen molar-refractivity contribution in [3.63, 3.8) is 0 Å². The first-order valence-corrected chi connectivity index (χ1v) is 8.83. The topological polar surface area (TPSA) is 52.6 Å². The number of nitrogens with zero attached hydrogens (tertiary/aromatic N) is 1. The van der Waals surface area contributed by atoms with Crippen molar-refractivity contribution < 1.29 is 9.90 Å². The van der Waals surface area contributed by atoms with Crippen LogP contribution < -0.4 is 5.32 Å². The number of rotatable bonds is 5. The number of likely N-dealkylation sites (tertiary alicyclic amines) is 1. The molecular formula is C17H32N2O2. The molecular weight excluding hydrogens is 264 g/mol. The molecule has 4 heteroatoms. The van der Waals surface area contributed by atoms with E-state index in [1.807, 2.05) is 4.90 Å². The van der Waals surface area contributed by atoms with Gasteiger partial charge in [0.25, 0.3) is 0 Å². The fraction of sp³-hybridized carbons (Fsp3) is 0.941. The number of aliphatic hydroxyl groups is 1. The molecule has 21 heavy (non-hydrogen) atoms. The van der Waals surface area contributed by atoms with Gasteiger partial charge in [0, 0.05) is 26.2 Å². The van der Waals surface area contributed by atoms with Crippen LogP contribution in [0.1, 0.15) is 64.7 Å². The van der Waals surface area contributed by atoms with Crippen molar-refractivity contribution in [3.8, 4) is 0 Å². The molecule has 0 unspecified atom stereocenters. The zero-order chi connectivity index (χ0) is 15.1. The van der Waals surface area contributed by atoms with E-state index in [2.05, 4.69) is 12.2 Å². The summed E-state index contributed by atoms with van der Waals surface area (Å²) in [6.45, 7) is 4.77. The number of carbonyl (C=O) groups excluding carboxylic acids is 1. The van der Waals surface area contributed by atoms with E-state index in [1.54, 1.807) is 0 Å². The second-order valence-electron chi connectivity index (χ2n) is 7.02. The van der Waals surface area contributed by atoms with Crippen LogP contribution >= 0.6 is 0 Å². The Labute approximate surface area is 129 Å². The van der Waals surface area contributed by atoms with Crippen molar-refractivity contribution in [2.75, 3.05) is 26.2 Å². The number of nitrogens with one attached hydrogen (secondary N) is 1. The van der Waals surface area contributed by atoms with Crippen LogP contribution in [0, 0.1) is 11.3 Å². The standard InChI is InChI=1S/C17H32N2O2/c1-2-17(14-20)9-12-19(13-10-17)16(21)18-11-8-15-6-4-3-5-7-15/h15,20H,2-14H2,1H3,(H,18,21). The number of carbonyl (C=O) groups is 1. The van der Waals surface area contributed by atoms with Crippen LogP contribution in [0.4, 0.5) is 4.79 Å². The lowest BCUT2D eigenvalue weighted by Gasteiger charge is -2.40. The maximum Gasteiger partial charge on any atom is 0.317 e. The van der Waals surface area contributed by atoms with E-state index in [0.29, 0.717) is 0 Å². The van der Waals surface area contributed by atoms with Crippen LogP contribution in [0.5, 0.6) is 0 Å². The summed E-state index contributed by atoms with van der Waals surface area (Å²) in [7, 11) is 0. The van der Waals surface area contributed by atoms with Crippen LogP contribution in [0.25, 0.3) is 0 Å². The van der Waals surface area contributed by atoms with Gasteiger partial charge in [0.1, 0.15) is 0 Å². The van der Waals surface area contributed by atoms with Gasteiger partial charge < -0.3 is 15.3 Å².